The van der Waals surface area contributed by atoms with Crippen molar-refractivity contribution in [3.63, 3.8) is 0 Å². The quantitative estimate of drug-likeness (QED) is 0.569. The van der Waals surface area contributed by atoms with Crippen LogP contribution >= 0.6 is 0 Å². The van der Waals surface area contributed by atoms with Gasteiger partial charge in [-0.05, 0) is 97.7 Å². The highest BCUT2D eigenvalue weighted by atomic mass is 16.4. The summed E-state index contributed by atoms with van der Waals surface area (Å²) in [6, 6.07) is 0. The fourth-order valence-electron chi connectivity index (χ4n) is 9.50. The summed E-state index contributed by atoms with van der Waals surface area (Å²) in [5.41, 5.74) is 0.126. The number of fused-ring (bicyclic) bond motifs is 5. The molecular weight excluding hydrogens is 404 g/mol. The van der Waals surface area contributed by atoms with Crippen LogP contribution in [0.2, 0.25) is 0 Å². The summed E-state index contributed by atoms with van der Waals surface area (Å²) in [6.07, 6.45) is 11.1. The molecule has 0 radical (unpaired) electrons. The van der Waals surface area contributed by atoms with Crippen LogP contribution < -0.4 is 0 Å². The lowest BCUT2D eigenvalue weighted by Crippen LogP contribution is -2.60. The molecule has 0 aliphatic heterocycles. The maximum Gasteiger partial charge on any atom is 0.303 e. The number of rotatable bonds is 7. The molecule has 1 N–H and O–H groups in total. The number of hydrogen-bond acceptors (Lipinski definition) is 4. The van der Waals surface area contributed by atoms with E-state index in [1.165, 1.54) is 0 Å². The van der Waals surface area contributed by atoms with Gasteiger partial charge in [0.05, 0.1) is 0 Å². The molecule has 0 saturated heterocycles. The number of aldehydes is 3. The van der Waals surface area contributed by atoms with E-state index in [1.807, 2.05) is 0 Å². The fraction of sp³-hybridized carbons (Fsp3) is 0.852. The number of carboxylic acids is 1. The van der Waals surface area contributed by atoms with Gasteiger partial charge in [-0.2, -0.15) is 0 Å². The summed E-state index contributed by atoms with van der Waals surface area (Å²) in [7, 11) is 0. The molecule has 4 rings (SSSR count). The van der Waals surface area contributed by atoms with E-state index in [-0.39, 0.29) is 46.8 Å². The second kappa shape index (κ2) is 8.68. The molecule has 0 spiro atoms. The second-order valence-electron chi connectivity index (χ2n) is 12.1. The van der Waals surface area contributed by atoms with Gasteiger partial charge in [0.2, 0.25) is 0 Å². The van der Waals surface area contributed by atoms with Crippen LogP contribution in [-0.2, 0) is 19.2 Å². The summed E-state index contributed by atoms with van der Waals surface area (Å²) in [5, 5.41) is 9.16. The Morgan fingerprint density at radius 2 is 1.56 bits per heavy atom. The lowest BCUT2D eigenvalue weighted by molar-refractivity contribution is -0.175. The fourth-order valence-corrected chi connectivity index (χ4v) is 9.50. The van der Waals surface area contributed by atoms with Crippen molar-refractivity contribution in [3.05, 3.63) is 0 Å². The Morgan fingerprint density at radius 3 is 2.19 bits per heavy atom. The van der Waals surface area contributed by atoms with Crippen LogP contribution in [0.5, 0.6) is 0 Å². The van der Waals surface area contributed by atoms with Gasteiger partial charge >= 0.3 is 5.97 Å². The molecule has 5 nitrogen and oxygen atoms in total. The van der Waals surface area contributed by atoms with Gasteiger partial charge in [-0.3, -0.25) is 4.79 Å². The highest BCUT2D eigenvalue weighted by molar-refractivity contribution is 5.67. The predicted octanol–water partition coefficient (Wildman–Crippen LogP) is 4.81. The molecule has 4 aliphatic rings. The van der Waals surface area contributed by atoms with Gasteiger partial charge in [0.15, 0.2) is 0 Å². The largest absolute Gasteiger partial charge is 0.481 e. The number of carbonyl (C=O) groups excluding carboxylic acids is 3. The zero-order valence-corrected chi connectivity index (χ0v) is 19.9. The molecule has 0 aromatic rings. The Labute approximate surface area is 192 Å². The Morgan fingerprint density at radius 1 is 0.906 bits per heavy atom. The van der Waals surface area contributed by atoms with Crippen LogP contribution in [0.25, 0.3) is 0 Å². The molecule has 32 heavy (non-hydrogen) atoms. The third kappa shape index (κ3) is 3.49. The highest BCUT2D eigenvalue weighted by Crippen LogP contribution is 2.70. The van der Waals surface area contributed by atoms with E-state index in [9.17, 15) is 19.2 Å². The van der Waals surface area contributed by atoms with E-state index in [4.69, 9.17) is 5.11 Å². The van der Waals surface area contributed by atoms with E-state index in [1.54, 1.807) is 0 Å². The van der Waals surface area contributed by atoms with Gasteiger partial charge in [-0.15, -0.1) is 0 Å². The molecule has 0 amide bonds. The van der Waals surface area contributed by atoms with E-state index >= 15 is 0 Å². The van der Waals surface area contributed by atoms with Gasteiger partial charge in [0.1, 0.15) is 18.9 Å². The Kier molecular flexibility index (Phi) is 6.41. The van der Waals surface area contributed by atoms with E-state index in [0.29, 0.717) is 30.1 Å². The van der Waals surface area contributed by atoms with E-state index < -0.39 is 5.97 Å². The molecule has 4 aliphatic carbocycles. The first-order chi connectivity index (χ1) is 15.2. The first-order valence-corrected chi connectivity index (χ1v) is 12.8. The number of carboxylic acid groups (broad SMARTS) is 1. The van der Waals surface area contributed by atoms with Crippen molar-refractivity contribution in [2.45, 2.75) is 78.6 Å². The van der Waals surface area contributed by atoms with E-state index in [0.717, 1.165) is 63.8 Å². The van der Waals surface area contributed by atoms with Crippen molar-refractivity contribution in [2.24, 2.45) is 64.1 Å². The SMILES string of the molecule is C[C@H](CCC(=O)O)[C@H]1CC[C@H]2[C@@H]3[C@@H](C=O)[C@@H](C=O)[C@@H]4C[C@H](C=O)CC[C@]4(C)[C@H]3CC[C@]12C. The van der Waals surface area contributed by atoms with Crippen molar-refractivity contribution in [3.8, 4) is 0 Å². The minimum Gasteiger partial charge on any atom is -0.481 e. The predicted molar refractivity (Wildman–Crippen MR) is 121 cm³/mol. The van der Waals surface area contributed by atoms with Crippen LogP contribution in [0.3, 0.4) is 0 Å². The van der Waals surface area contributed by atoms with Gasteiger partial charge in [-0.1, -0.05) is 20.8 Å². The number of carbonyl (C=O) groups is 4. The average Bonchev–Trinajstić information content (AvgIpc) is 3.13. The van der Waals surface area contributed by atoms with Crippen LogP contribution in [0, 0.1) is 64.1 Å². The van der Waals surface area contributed by atoms with Crippen molar-refractivity contribution < 1.29 is 24.3 Å². The molecule has 178 valence electrons. The Hall–Kier alpha value is -1.52. The maximum absolute atomic E-state index is 12.5. The summed E-state index contributed by atoms with van der Waals surface area (Å²) >= 11 is 0. The summed E-state index contributed by atoms with van der Waals surface area (Å²) in [4.78, 5) is 47.6. The minimum absolute atomic E-state index is 0.0131. The molecular formula is C27H40O5. The Balaban J connectivity index is 1.66. The molecule has 0 aromatic carbocycles. The molecule has 0 heterocycles. The first kappa shape index (κ1) is 23.6. The molecule has 11 atom stereocenters. The smallest absolute Gasteiger partial charge is 0.303 e. The standard InChI is InChI=1S/C27H40O5/c1-16(4-7-24(31)32)20-5-6-21-25-19(15-30)18(14-29)23-12-17(13-28)8-10-27(23,3)22(25)9-11-26(20,21)2/h13-23,25H,4-12H2,1-3H3,(H,31,32)/t16-,17-,18-,19+,20-,21+,22+,23+,25+,26-,27-/m1/s1. The zero-order chi connectivity index (χ0) is 23.3. The number of hydrogen-bond donors (Lipinski definition) is 1. The van der Waals surface area contributed by atoms with E-state index in [2.05, 4.69) is 20.8 Å². The van der Waals surface area contributed by atoms with Crippen LogP contribution in [-0.4, -0.2) is 29.9 Å². The average molecular weight is 445 g/mol. The number of aliphatic carboxylic acids is 1. The van der Waals surface area contributed by atoms with Crippen molar-refractivity contribution in [1.82, 2.24) is 0 Å². The van der Waals surface area contributed by atoms with Gasteiger partial charge in [-0.25, -0.2) is 0 Å². The summed E-state index contributed by atoms with van der Waals surface area (Å²) in [5.74, 6) is 0.770. The summed E-state index contributed by atoms with van der Waals surface area (Å²) in [6.45, 7) is 6.94. The third-order valence-corrected chi connectivity index (χ3v) is 11.1. The lowest BCUT2D eigenvalue weighted by atomic mass is 9.40. The Bertz CT molecular complexity index is 763. The monoisotopic (exact) mass is 444 g/mol. The van der Waals surface area contributed by atoms with Crippen LogP contribution in [0.15, 0.2) is 0 Å². The van der Waals surface area contributed by atoms with Gasteiger partial charge in [0, 0.05) is 24.2 Å². The van der Waals surface area contributed by atoms with Gasteiger partial charge in [0.25, 0.3) is 0 Å². The van der Waals surface area contributed by atoms with Crippen molar-refractivity contribution >= 4 is 24.8 Å². The van der Waals surface area contributed by atoms with Gasteiger partial charge < -0.3 is 19.5 Å². The van der Waals surface area contributed by atoms with Crippen LogP contribution in [0.4, 0.5) is 0 Å². The van der Waals surface area contributed by atoms with Crippen molar-refractivity contribution in [2.75, 3.05) is 0 Å². The molecule has 5 heteroatoms. The molecule has 4 fully saturated rings. The normalized spacial score (nSPS) is 48.6. The summed E-state index contributed by atoms with van der Waals surface area (Å²) < 4.78 is 0. The minimum atomic E-state index is -0.729. The molecule has 0 aromatic heterocycles. The maximum atomic E-state index is 12.5. The van der Waals surface area contributed by atoms with Crippen molar-refractivity contribution in [1.29, 1.82) is 0 Å². The molecule has 0 unspecified atom stereocenters. The first-order valence-electron chi connectivity index (χ1n) is 12.8. The lowest BCUT2D eigenvalue weighted by Gasteiger charge is -2.64. The van der Waals surface area contributed by atoms with Crippen LogP contribution in [0.1, 0.15) is 78.6 Å². The second-order valence-corrected chi connectivity index (χ2v) is 12.1. The third-order valence-electron chi connectivity index (χ3n) is 11.1. The highest BCUT2D eigenvalue weighted by Gasteiger charge is 2.65. The zero-order valence-electron chi connectivity index (χ0n) is 19.9. The molecule has 4 saturated carbocycles. The topological polar surface area (TPSA) is 88.5 Å². The molecule has 0 bridgehead atoms.